The average Bonchev–Trinajstić information content (AvgIpc) is 2.59. The first-order valence-electron chi connectivity index (χ1n) is 7.20. The third kappa shape index (κ3) is 3.30. The molecule has 2 aromatic carbocycles. The highest BCUT2D eigenvalue weighted by atomic mass is 79.9. The van der Waals surface area contributed by atoms with Gasteiger partial charge in [-0.2, -0.15) is 0 Å². The lowest BCUT2D eigenvalue weighted by Crippen LogP contribution is -1.94. The topological polar surface area (TPSA) is 25.8 Å². The fraction of sp³-hybridized carbons (Fsp3) is 0. The predicted octanol–water partition coefficient (Wildman–Crippen LogP) is 5.68. The molecule has 0 fully saturated rings. The number of hydrogen-bond donors (Lipinski definition) is 0. The highest BCUT2D eigenvalue weighted by Gasteiger charge is 2.09. The normalized spacial score (nSPS) is 11.4. The molecule has 1 aromatic heterocycles. The van der Waals surface area contributed by atoms with Gasteiger partial charge in [-0.05, 0) is 44.8 Å². The molecule has 0 aliphatic heterocycles. The third-order valence-corrected chi connectivity index (χ3v) is 3.89. The van der Waals surface area contributed by atoms with E-state index >= 15 is 0 Å². The average molecular weight is 363 g/mol. The number of hydrogen-bond acceptors (Lipinski definition) is 2. The molecule has 0 bridgehead atoms. The summed E-state index contributed by atoms with van der Waals surface area (Å²) in [4.78, 5) is 8.91. The molecular weight excluding hydrogens is 348 g/mol. The first-order valence-corrected chi connectivity index (χ1v) is 7.99. The van der Waals surface area contributed by atoms with Crippen LogP contribution in [0.1, 0.15) is 11.3 Å². The van der Waals surface area contributed by atoms with Gasteiger partial charge in [0.25, 0.3) is 0 Å². The summed E-state index contributed by atoms with van der Waals surface area (Å²) in [5, 5.41) is 0.980. The summed E-state index contributed by atoms with van der Waals surface area (Å²) in [6, 6.07) is 18.0. The maximum atomic E-state index is 4.51. The minimum Gasteiger partial charge on any atom is -0.222 e. The maximum Gasteiger partial charge on any atom is 0.197 e. The maximum absolute atomic E-state index is 4.51. The predicted molar refractivity (Wildman–Crippen MR) is 101 cm³/mol. The molecule has 0 radical (unpaired) electrons. The van der Waals surface area contributed by atoms with Gasteiger partial charge in [-0.25, -0.2) is 9.97 Å². The monoisotopic (exact) mass is 362 g/mol. The molecular formula is C20H15BrN2. The van der Waals surface area contributed by atoms with Crippen LogP contribution in [0.5, 0.6) is 0 Å². The zero-order valence-electron chi connectivity index (χ0n) is 12.5. The van der Waals surface area contributed by atoms with E-state index in [2.05, 4.69) is 51.2 Å². The van der Waals surface area contributed by atoms with E-state index < -0.39 is 0 Å². The Labute approximate surface area is 144 Å². The molecule has 3 heteroatoms. The number of benzene rings is 2. The molecule has 0 saturated heterocycles. The van der Waals surface area contributed by atoms with Gasteiger partial charge < -0.3 is 0 Å². The van der Waals surface area contributed by atoms with Crippen LogP contribution in [0.2, 0.25) is 0 Å². The van der Waals surface area contributed by atoms with Crippen LogP contribution in [-0.4, -0.2) is 9.97 Å². The van der Waals surface area contributed by atoms with Crippen molar-refractivity contribution in [2.75, 3.05) is 0 Å². The summed E-state index contributed by atoms with van der Waals surface area (Å²) in [6.45, 7) is 8.11. The summed E-state index contributed by atoms with van der Waals surface area (Å²) in [5.74, 6) is 0. The summed E-state index contributed by atoms with van der Waals surface area (Å²) < 4.78 is 0.556. The smallest absolute Gasteiger partial charge is 0.197 e. The van der Waals surface area contributed by atoms with E-state index in [4.69, 9.17) is 0 Å². The van der Waals surface area contributed by atoms with E-state index in [1.165, 1.54) is 0 Å². The second kappa shape index (κ2) is 6.71. The van der Waals surface area contributed by atoms with Crippen LogP contribution in [0.15, 0.2) is 84.6 Å². The molecule has 3 aromatic rings. The second-order valence-corrected chi connectivity index (χ2v) is 5.76. The zero-order valence-corrected chi connectivity index (χ0v) is 14.1. The van der Waals surface area contributed by atoms with Gasteiger partial charge in [0.2, 0.25) is 0 Å². The summed E-state index contributed by atoms with van der Waals surface area (Å²) in [7, 11) is 0. The number of rotatable bonds is 4. The standard InChI is InChI=1S/C20H15BrN2/c1-3-15(16-9-5-4-6-10-16)13-14(2)19-17-11-7-8-12-18(17)22-20(21)23-19/h3-13H,1-2H2/b15-13+. The number of allylic oxidation sites excluding steroid dienone is 4. The van der Waals surface area contributed by atoms with Gasteiger partial charge in [0.1, 0.15) is 0 Å². The van der Waals surface area contributed by atoms with Crippen molar-refractivity contribution in [3.05, 3.63) is 95.9 Å². The largest absolute Gasteiger partial charge is 0.222 e. The fourth-order valence-corrected chi connectivity index (χ4v) is 2.81. The van der Waals surface area contributed by atoms with E-state index in [0.29, 0.717) is 4.73 Å². The minimum atomic E-state index is 0.556. The highest BCUT2D eigenvalue weighted by molar-refractivity contribution is 9.10. The molecule has 0 N–H and O–H groups in total. The van der Waals surface area contributed by atoms with Crippen LogP contribution < -0.4 is 0 Å². The van der Waals surface area contributed by atoms with E-state index in [1.807, 2.05) is 54.6 Å². The van der Waals surface area contributed by atoms with E-state index in [0.717, 1.165) is 33.3 Å². The highest BCUT2D eigenvalue weighted by Crippen LogP contribution is 2.27. The molecule has 0 atom stereocenters. The quantitative estimate of drug-likeness (QED) is 0.441. The Morgan fingerprint density at radius 3 is 2.39 bits per heavy atom. The first-order chi connectivity index (χ1) is 11.2. The van der Waals surface area contributed by atoms with Gasteiger partial charge in [0.05, 0.1) is 11.2 Å². The van der Waals surface area contributed by atoms with Crippen molar-refractivity contribution in [2.45, 2.75) is 0 Å². The molecule has 0 saturated carbocycles. The molecule has 0 aliphatic carbocycles. The Bertz CT molecular complexity index is 911. The molecule has 0 unspecified atom stereocenters. The Balaban J connectivity index is 2.10. The molecule has 112 valence electrons. The lowest BCUT2D eigenvalue weighted by molar-refractivity contribution is 1.14. The van der Waals surface area contributed by atoms with Crippen molar-refractivity contribution >= 4 is 38.0 Å². The Hall–Kier alpha value is -2.52. The molecule has 3 rings (SSSR count). The number of halogens is 1. The van der Waals surface area contributed by atoms with Crippen LogP contribution >= 0.6 is 15.9 Å². The number of fused-ring (bicyclic) bond motifs is 1. The van der Waals surface area contributed by atoms with Gasteiger partial charge in [0, 0.05) is 5.39 Å². The SMILES string of the molecule is C=C/C(=C\C(=C)c1nc(Br)nc2ccccc12)c1ccccc1. The molecule has 2 nitrogen and oxygen atoms in total. The van der Waals surface area contributed by atoms with Crippen LogP contribution in [0.25, 0.3) is 22.0 Å². The van der Waals surface area contributed by atoms with Gasteiger partial charge in [-0.15, -0.1) is 0 Å². The van der Waals surface area contributed by atoms with Crippen molar-refractivity contribution < 1.29 is 0 Å². The van der Waals surface area contributed by atoms with Gasteiger partial charge in [0.15, 0.2) is 4.73 Å². The van der Waals surface area contributed by atoms with Crippen molar-refractivity contribution in [1.29, 1.82) is 0 Å². The Kier molecular flexibility index (Phi) is 4.49. The lowest BCUT2D eigenvalue weighted by atomic mass is 10.0. The molecule has 0 amide bonds. The van der Waals surface area contributed by atoms with E-state index in [9.17, 15) is 0 Å². The summed E-state index contributed by atoms with van der Waals surface area (Å²) in [5.41, 5.74) is 4.63. The Morgan fingerprint density at radius 2 is 1.65 bits per heavy atom. The van der Waals surface area contributed by atoms with Crippen molar-refractivity contribution in [3.8, 4) is 0 Å². The third-order valence-electron chi connectivity index (χ3n) is 3.54. The Morgan fingerprint density at radius 1 is 0.957 bits per heavy atom. The molecule has 0 spiro atoms. The van der Waals surface area contributed by atoms with Crippen LogP contribution in [0, 0.1) is 0 Å². The molecule has 1 heterocycles. The van der Waals surface area contributed by atoms with Crippen LogP contribution in [0.4, 0.5) is 0 Å². The minimum absolute atomic E-state index is 0.556. The van der Waals surface area contributed by atoms with E-state index in [-0.39, 0.29) is 0 Å². The first kappa shape index (κ1) is 15.4. The van der Waals surface area contributed by atoms with Crippen molar-refractivity contribution in [2.24, 2.45) is 0 Å². The van der Waals surface area contributed by atoms with Crippen molar-refractivity contribution in [1.82, 2.24) is 9.97 Å². The van der Waals surface area contributed by atoms with Crippen LogP contribution in [0.3, 0.4) is 0 Å². The van der Waals surface area contributed by atoms with Gasteiger partial charge in [-0.1, -0.05) is 67.8 Å². The van der Waals surface area contributed by atoms with Gasteiger partial charge >= 0.3 is 0 Å². The summed E-state index contributed by atoms with van der Waals surface area (Å²) in [6.07, 6.45) is 3.84. The number of nitrogens with zero attached hydrogens (tertiary/aromatic N) is 2. The lowest BCUT2D eigenvalue weighted by Gasteiger charge is -2.08. The van der Waals surface area contributed by atoms with Gasteiger partial charge in [-0.3, -0.25) is 0 Å². The van der Waals surface area contributed by atoms with Crippen LogP contribution in [-0.2, 0) is 0 Å². The number of para-hydroxylation sites is 1. The van der Waals surface area contributed by atoms with E-state index in [1.54, 1.807) is 0 Å². The summed E-state index contributed by atoms with van der Waals surface area (Å²) >= 11 is 3.38. The molecule has 23 heavy (non-hydrogen) atoms. The van der Waals surface area contributed by atoms with Crippen molar-refractivity contribution in [3.63, 3.8) is 0 Å². The number of aromatic nitrogens is 2. The fourth-order valence-electron chi connectivity index (χ4n) is 2.44. The second-order valence-electron chi connectivity index (χ2n) is 5.05. The molecule has 0 aliphatic rings. The zero-order chi connectivity index (χ0) is 16.2.